The first kappa shape index (κ1) is 28.2. The van der Waals surface area contributed by atoms with Gasteiger partial charge in [0.2, 0.25) is 0 Å². The first-order chi connectivity index (χ1) is 19.1. The second-order valence-electron chi connectivity index (χ2n) is 12.1. The van der Waals surface area contributed by atoms with Crippen LogP contribution in [0.4, 0.5) is 4.79 Å². The Morgan fingerprint density at radius 3 is 2.38 bits per heavy atom. The fraction of sp³-hybridized carbons (Fsp3) is 0.500. The van der Waals surface area contributed by atoms with Crippen LogP contribution in [0.1, 0.15) is 66.7 Å². The van der Waals surface area contributed by atoms with Crippen molar-refractivity contribution in [3.63, 3.8) is 0 Å². The van der Waals surface area contributed by atoms with Crippen LogP contribution in [0.15, 0.2) is 42.6 Å². The molecule has 2 heterocycles. The number of ether oxygens (including phenoxy) is 3. The van der Waals surface area contributed by atoms with Crippen LogP contribution in [0, 0.1) is 12.8 Å². The van der Waals surface area contributed by atoms with E-state index in [2.05, 4.69) is 9.80 Å². The maximum Gasteiger partial charge on any atom is 0.419 e. The summed E-state index contributed by atoms with van der Waals surface area (Å²) in [6.45, 7) is 12.3. The number of aryl methyl sites for hydroxylation is 1. The van der Waals surface area contributed by atoms with Crippen LogP contribution in [0.2, 0.25) is 0 Å². The summed E-state index contributed by atoms with van der Waals surface area (Å²) >= 11 is 0. The molecule has 5 rings (SSSR count). The van der Waals surface area contributed by atoms with Crippen LogP contribution >= 0.6 is 0 Å². The third-order valence-electron chi connectivity index (χ3n) is 7.91. The summed E-state index contributed by atoms with van der Waals surface area (Å²) in [7, 11) is 3.10. The third-order valence-corrected chi connectivity index (χ3v) is 7.91. The van der Waals surface area contributed by atoms with Crippen molar-refractivity contribution in [1.82, 2.24) is 14.4 Å². The van der Waals surface area contributed by atoms with Gasteiger partial charge in [-0.25, -0.2) is 9.59 Å². The van der Waals surface area contributed by atoms with Gasteiger partial charge in [-0.1, -0.05) is 12.1 Å². The van der Waals surface area contributed by atoms with Gasteiger partial charge in [0.1, 0.15) is 11.4 Å². The minimum atomic E-state index is -0.590. The standard InChI is InChI=1S/C32H41N3O5/c1-21-17-28(38-5)26(25-13-14-35(29(21)25)31(37)40-32(2,3)4)19-34-16-15-33(18-22-7-8-22)20-27(34)23-9-11-24(12-10-23)30(36)39-6/h9-14,17,22,27H,7-8,15-16,18-20H2,1-6H3. The molecule has 0 bridgehead atoms. The Kier molecular flexibility index (Phi) is 7.93. The normalized spacial score (nSPS) is 18.6. The second-order valence-corrected chi connectivity index (χ2v) is 12.1. The van der Waals surface area contributed by atoms with E-state index in [-0.39, 0.29) is 18.1 Å². The number of methoxy groups -OCH3 is 2. The summed E-state index contributed by atoms with van der Waals surface area (Å²) in [5.41, 5.74) is 3.98. The molecule has 8 heteroatoms. The number of fused-ring (bicyclic) bond motifs is 1. The maximum atomic E-state index is 13.1. The lowest BCUT2D eigenvalue weighted by Crippen LogP contribution is -2.48. The molecule has 1 saturated heterocycles. The van der Waals surface area contributed by atoms with Gasteiger partial charge in [-0.05, 0) is 81.8 Å². The van der Waals surface area contributed by atoms with E-state index in [1.54, 1.807) is 17.9 Å². The molecule has 1 aromatic heterocycles. The first-order valence-electron chi connectivity index (χ1n) is 14.1. The molecule has 2 aromatic carbocycles. The Balaban J connectivity index is 1.49. The van der Waals surface area contributed by atoms with Crippen molar-refractivity contribution in [3.05, 3.63) is 64.8 Å². The van der Waals surface area contributed by atoms with Crippen molar-refractivity contribution < 1.29 is 23.8 Å². The van der Waals surface area contributed by atoms with E-state index in [1.165, 1.54) is 25.5 Å². The molecule has 0 amide bonds. The fourth-order valence-corrected chi connectivity index (χ4v) is 5.75. The molecule has 2 fully saturated rings. The van der Waals surface area contributed by atoms with Gasteiger partial charge < -0.3 is 14.2 Å². The van der Waals surface area contributed by atoms with Crippen LogP contribution in [0.3, 0.4) is 0 Å². The van der Waals surface area contributed by atoms with Gasteiger partial charge in [0.05, 0.1) is 25.3 Å². The zero-order valence-electron chi connectivity index (χ0n) is 24.5. The lowest BCUT2D eigenvalue weighted by atomic mass is 9.98. The molecule has 214 valence electrons. The predicted octanol–water partition coefficient (Wildman–Crippen LogP) is 5.80. The van der Waals surface area contributed by atoms with Gasteiger partial charge in [0.25, 0.3) is 0 Å². The number of esters is 1. The highest BCUT2D eigenvalue weighted by Crippen LogP contribution is 2.37. The quantitative estimate of drug-likeness (QED) is 0.346. The average molecular weight is 548 g/mol. The van der Waals surface area contributed by atoms with Crippen LogP contribution in [0.5, 0.6) is 5.75 Å². The van der Waals surface area contributed by atoms with Crippen molar-refractivity contribution >= 4 is 23.0 Å². The van der Waals surface area contributed by atoms with E-state index in [0.29, 0.717) is 12.1 Å². The summed E-state index contributed by atoms with van der Waals surface area (Å²) < 4.78 is 18.1. The molecule has 3 aromatic rings. The van der Waals surface area contributed by atoms with E-state index in [1.807, 2.05) is 64.1 Å². The van der Waals surface area contributed by atoms with E-state index in [9.17, 15) is 9.59 Å². The number of rotatable bonds is 7. The Hall–Kier alpha value is -3.36. The molecule has 0 N–H and O–H groups in total. The van der Waals surface area contributed by atoms with E-state index in [0.717, 1.165) is 59.9 Å². The van der Waals surface area contributed by atoms with Crippen molar-refractivity contribution in [2.75, 3.05) is 40.4 Å². The minimum Gasteiger partial charge on any atom is -0.496 e. The Morgan fingerprint density at radius 2 is 1.75 bits per heavy atom. The number of carbonyl (C=O) groups is 2. The Bertz CT molecular complexity index is 1380. The highest BCUT2D eigenvalue weighted by Gasteiger charge is 2.33. The summed E-state index contributed by atoms with van der Waals surface area (Å²) in [4.78, 5) is 30.2. The summed E-state index contributed by atoms with van der Waals surface area (Å²) in [6, 6.07) is 12.0. The number of hydrogen-bond acceptors (Lipinski definition) is 7. The molecule has 1 saturated carbocycles. The first-order valence-corrected chi connectivity index (χ1v) is 14.1. The topological polar surface area (TPSA) is 73.2 Å². The van der Waals surface area contributed by atoms with Crippen molar-refractivity contribution in [1.29, 1.82) is 0 Å². The molecule has 1 aliphatic carbocycles. The van der Waals surface area contributed by atoms with Gasteiger partial charge in [-0.3, -0.25) is 14.4 Å². The number of piperazine rings is 1. The number of benzene rings is 2. The lowest BCUT2D eigenvalue weighted by molar-refractivity contribution is 0.0542. The number of carbonyl (C=O) groups excluding carboxylic acids is 2. The molecule has 0 spiro atoms. The number of hydrogen-bond donors (Lipinski definition) is 0. The molecule has 1 atom stereocenters. The second kappa shape index (κ2) is 11.3. The largest absolute Gasteiger partial charge is 0.496 e. The van der Waals surface area contributed by atoms with Crippen LogP contribution in [-0.4, -0.2) is 72.4 Å². The lowest BCUT2D eigenvalue weighted by Gasteiger charge is -2.42. The monoisotopic (exact) mass is 547 g/mol. The molecule has 0 radical (unpaired) electrons. The van der Waals surface area contributed by atoms with Crippen molar-refractivity contribution in [3.8, 4) is 5.75 Å². The van der Waals surface area contributed by atoms with Crippen molar-refractivity contribution in [2.24, 2.45) is 5.92 Å². The fourth-order valence-electron chi connectivity index (χ4n) is 5.75. The smallest absolute Gasteiger partial charge is 0.419 e. The van der Waals surface area contributed by atoms with E-state index in [4.69, 9.17) is 14.2 Å². The number of aromatic nitrogens is 1. The summed E-state index contributed by atoms with van der Waals surface area (Å²) in [6.07, 6.45) is 4.06. The molecule has 1 unspecified atom stereocenters. The van der Waals surface area contributed by atoms with Crippen molar-refractivity contribution in [2.45, 2.75) is 58.7 Å². The summed E-state index contributed by atoms with van der Waals surface area (Å²) in [5, 5.41) is 0.989. The average Bonchev–Trinajstić information content (AvgIpc) is 3.62. The van der Waals surface area contributed by atoms with Gasteiger partial charge >= 0.3 is 12.1 Å². The van der Waals surface area contributed by atoms with Crippen LogP contribution < -0.4 is 4.74 Å². The zero-order chi connectivity index (χ0) is 28.6. The Labute approximate surface area is 236 Å². The SMILES string of the molecule is COC(=O)c1ccc(C2CN(CC3CC3)CCN2Cc2c(OC)cc(C)c3c2ccn3C(=O)OC(C)(C)C)cc1. The zero-order valence-corrected chi connectivity index (χ0v) is 24.5. The van der Waals surface area contributed by atoms with Gasteiger partial charge in [-0.15, -0.1) is 0 Å². The highest BCUT2D eigenvalue weighted by molar-refractivity contribution is 5.95. The molecule has 1 aliphatic heterocycles. The predicted molar refractivity (Wildman–Crippen MR) is 155 cm³/mol. The van der Waals surface area contributed by atoms with Crippen LogP contribution in [-0.2, 0) is 16.0 Å². The molecule has 8 nitrogen and oxygen atoms in total. The third kappa shape index (κ3) is 6.03. The van der Waals surface area contributed by atoms with E-state index >= 15 is 0 Å². The molecular formula is C32H41N3O5. The van der Waals surface area contributed by atoms with Crippen LogP contribution in [0.25, 0.3) is 10.9 Å². The molecule has 2 aliphatic rings. The maximum absolute atomic E-state index is 13.1. The van der Waals surface area contributed by atoms with Gasteiger partial charge in [0.15, 0.2) is 0 Å². The molecule has 40 heavy (non-hydrogen) atoms. The van der Waals surface area contributed by atoms with E-state index < -0.39 is 5.60 Å². The summed E-state index contributed by atoms with van der Waals surface area (Å²) in [5.74, 6) is 1.30. The molecular weight excluding hydrogens is 506 g/mol. The Morgan fingerprint density at radius 1 is 1.02 bits per heavy atom. The number of nitrogens with zero attached hydrogens (tertiary/aromatic N) is 3. The van der Waals surface area contributed by atoms with Gasteiger partial charge in [0, 0.05) is 55.9 Å². The minimum absolute atomic E-state index is 0.146. The highest BCUT2D eigenvalue weighted by atomic mass is 16.6. The van der Waals surface area contributed by atoms with Gasteiger partial charge in [-0.2, -0.15) is 0 Å².